The molecule has 120 valence electrons. The Labute approximate surface area is 135 Å². The van der Waals surface area contributed by atoms with E-state index in [9.17, 15) is 9.59 Å². The normalized spacial score (nSPS) is 10.0. The van der Waals surface area contributed by atoms with Gasteiger partial charge in [0.1, 0.15) is 18.9 Å². The van der Waals surface area contributed by atoms with Crippen molar-refractivity contribution >= 4 is 11.9 Å². The van der Waals surface area contributed by atoms with Crippen LogP contribution in [-0.2, 0) is 16.1 Å². The number of aryl methyl sites for hydroxylation is 1. The van der Waals surface area contributed by atoms with Crippen LogP contribution >= 0.6 is 0 Å². The fourth-order valence-corrected chi connectivity index (χ4v) is 2.02. The second-order valence-electron chi connectivity index (χ2n) is 5.06. The minimum Gasteiger partial charge on any atom is -0.497 e. The maximum atomic E-state index is 11.9. The predicted molar refractivity (Wildman–Crippen MR) is 86.3 cm³/mol. The molecule has 0 spiro atoms. The number of hydrogen-bond acceptors (Lipinski definition) is 4. The molecule has 1 amide bonds. The number of amides is 1. The summed E-state index contributed by atoms with van der Waals surface area (Å²) in [5.74, 6) is -0.0906. The zero-order valence-corrected chi connectivity index (χ0v) is 13.2. The number of methoxy groups -OCH3 is 1. The van der Waals surface area contributed by atoms with E-state index in [0.717, 1.165) is 11.1 Å². The molecule has 2 rings (SSSR count). The maximum Gasteiger partial charge on any atom is 0.325 e. The number of carbonyl (C=O) groups excluding carboxylic acids is 2. The van der Waals surface area contributed by atoms with Crippen molar-refractivity contribution in [3.8, 4) is 5.75 Å². The monoisotopic (exact) mass is 313 g/mol. The third-order valence-electron chi connectivity index (χ3n) is 3.21. The Bertz CT molecular complexity index is 697. The van der Waals surface area contributed by atoms with Crippen molar-refractivity contribution in [2.75, 3.05) is 13.7 Å². The summed E-state index contributed by atoms with van der Waals surface area (Å²) in [6.07, 6.45) is 0. The van der Waals surface area contributed by atoms with Crippen LogP contribution in [0.4, 0.5) is 0 Å². The lowest BCUT2D eigenvalue weighted by molar-refractivity contribution is -0.143. The SMILES string of the molecule is COc1cccc(COC(=O)CNC(=O)c2cccc(C)c2)c1. The standard InChI is InChI=1S/C18H19NO4/c1-13-5-3-7-15(9-13)18(21)19-11-17(20)23-12-14-6-4-8-16(10-14)22-2/h3-10H,11-12H2,1-2H3,(H,19,21). The number of hydrogen-bond donors (Lipinski definition) is 1. The van der Waals surface area contributed by atoms with E-state index in [1.165, 1.54) is 0 Å². The molecule has 0 fully saturated rings. The summed E-state index contributed by atoms with van der Waals surface area (Å²) in [6.45, 7) is 1.87. The number of carbonyl (C=O) groups is 2. The predicted octanol–water partition coefficient (Wildman–Crippen LogP) is 2.48. The molecule has 0 bridgehead atoms. The van der Waals surface area contributed by atoms with Gasteiger partial charge in [-0.05, 0) is 36.8 Å². The average Bonchev–Trinajstić information content (AvgIpc) is 2.58. The minimum absolute atomic E-state index is 0.135. The summed E-state index contributed by atoms with van der Waals surface area (Å²) in [5.41, 5.74) is 2.33. The number of nitrogens with one attached hydrogen (secondary N) is 1. The molecule has 5 heteroatoms. The number of esters is 1. The van der Waals surface area contributed by atoms with Gasteiger partial charge in [-0.2, -0.15) is 0 Å². The van der Waals surface area contributed by atoms with Gasteiger partial charge >= 0.3 is 5.97 Å². The van der Waals surface area contributed by atoms with E-state index >= 15 is 0 Å². The largest absolute Gasteiger partial charge is 0.497 e. The Morgan fingerprint density at radius 1 is 1.09 bits per heavy atom. The highest BCUT2D eigenvalue weighted by Crippen LogP contribution is 2.13. The first-order valence-electron chi connectivity index (χ1n) is 7.22. The second-order valence-corrected chi connectivity index (χ2v) is 5.06. The van der Waals surface area contributed by atoms with Crippen LogP contribution in [0.2, 0.25) is 0 Å². The summed E-state index contributed by atoms with van der Waals surface area (Å²) in [5, 5.41) is 2.55. The molecule has 1 N–H and O–H groups in total. The van der Waals surface area contributed by atoms with Crippen LogP contribution in [0.15, 0.2) is 48.5 Å². The molecule has 5 nitrogen and oxygen atoms in total. The van der Waals surface area contributed by atoms with Crippen molar-refractivity contribution in [2.24, 2.45) is 0 Å². The summed E-state index contributed by atoms with van der Waals surface area (Å²) < 4.78 is 10.2. The summed E-state index contributed by atoms with van der Waals surface area (Å²) in [7, 11) is 1.58. The molecule has 0 aliphatic heterocycles. The fourth-order valence-electron chi connectivity index (χ4n) is 2.02. The zero-order valence-electron chi connectivity index (χ0n) is 13.2. The van der Waals surface area contributed by atoms with Crippen molar-refractivity contribution in [3.05, 3.63) is 65.2 Å². The first kappa shape index (κ1) is 16.5. The molecule has 23 heavy (non-hydrogen) atoms. The fraction of sp³-hybridized carbons (Fsp3) is 0.222. The maximum absolute atomic E-state index is 11.9. The van der Waals surface area contributed by atoms with Crippen LogP contribution < -0.4 is 10.1 Å². The van der Waals surface area contributed by atoms with E-state index in [-0.39, 0.29) is 19.1 Å². The summed E-state index contributed by atoms with van der Waals surface area (Å²) >= 11 is 0. The lowest BCUT2D eigenvalue weighted by Crippen LogP contribution is -2.30. The Hall–Kier alpha value is -2.82. The van der Waals surface area contributed by atoms with E-state index < -0.39 is 5.97 Å². The van der Waals surface area contributed by atoms with Crippen LogP contribution in [0.3, 0.4) is 0 Å². The molecule has 0 saturated heterocycles. The van der Waals surface area contributed by atoms with Crippen LogP contribution in [-0.4, -0.2) is 25.5 Å². The Kier molecular flexibility index (Phi) is 5.74. The Morgan fingerprint density at radius 3 is 2.61 bits per heavy atom. The third-order valence-corrected chi connectivity index (χ3v) is 3.21. The van der Waals surface area contributed by atoms with E-state index in [2.05, 4.69) is 5.32 Å². The van der Waals surface area contributed by atoms with Crippen molar-refractivity contribution in [2.45, 2.75) is 13.5 Å². The first-order valence-corrected chi connectivity index (χ1v) is 7.22. The molecule has 0 heterocycles. The van der Waals surface area contributed by atoms with Crippen LogP contribution in [0.1, 0.15) is 21.5 Å². The van der Waals surface area contributed by atoms with Crippen molar-refractivity contribution < 1.29 is 19.1 Å². The van der Waals surface area contributed by atoms with Gasteiger partial charge < -0.3 is 14.8 Å². The molecule has 0 saturated carbocycles. The molecular weight excluding hydrogens is 294 g/mol. The molecule has 0 aliphatic rings. The van der Waals surface area contributed by atoms with Gasteiger partial charge in [-0.15, -0.1) is 0 Å². The molecule has 2 aromatic rings. The van der Waals surface area contributed by atoms with E-state index in [1.807, 2.05) is 31.2 Å². The molecule has 2 aromatic carbocycles. The Morgan fingerprint density at radius 2 is 1.87 bits per heavy atom. The molecular formula is C18H19NO4. The zero-order chi connectivity index (χ0) is 16.7. The quantitative estimate of drug-likeness (QED) is 0.832. The third kappa shape index (κ3) is 5.14. The van der Waals surface area contributed by atoms with Gasteiger partial charge in [0.25, 0.3) is 5.91 Å². The van der Waals surface area contributed by atoms with E-state index in [0.29, 0.717) is 11.3 Å². The first-order chi connectivity index (χ1) is 11.1. The lowest BCUT2D eigenvalue weighted by atomic mass is 10.1. The van der Waals surface area contributed by atoms with Gasteiger partial charge in [0, 0.05) is 5.56 Å². The smallest absolute Gasteiger partial charge is 0.325 e. The van der Waals surface area contributed by atoms with E-state index in [4.69, 9.17) is 9.47 Å². The molecule has 0 aliphatic carbocycles. The topological polar surface area (TPSA) is 64.6 Å². The van der Waals surface area contributed by atoms with Crippen LogP contribution in [0.25, 0.3) is 0 Å². The highest BCUT2D eigenvalue weighted by molar-refractivity contribution is 5.96. The highest BCUT2D eigenvalue weighted by Gasteiger charge is 2.09. The van der Waals surface area contributed by atoms with Gasteiger partial charge in [0.05, 0.1) is 7.11 Å². The van der Waals surface area contributed by atoms with Gasteiger partial charge in [-0.1, -0.05) is 29.8 Å². The summed E-state index contributed by atoms with van der Waals surface area (Å²) in [4.78, 5) is 23.6. The number of benzene rings is 2. The van der Waals surface area contributed by atoms with Gasteiger partial charge in [-0.25, -0.2) is 0 Å². The van der Waals surface area contributed by atoms with E-state index in [1.54, 1.807) is 31.4 Å². The minimum atomic E-state index is -0.492. The van der Waals surface area contributed by atoms with Crippen molar-refractivity contribution in [1.29, 1.82) is 0 Å². The average molecular weight is 313 g/mol. The van der Waals surface area contributed by atoms with Gasteiger partial charge in [0.2, 0.25) is 0 Å². The Balaban J connectivity index is 1.79. The second kappa shape index (κ2) is 7.98. The number of ether oxygens (including phenoxy) is 2. The van der Waals surface area contributed by atoms with Crippen molar-refractivity contribution in [3.63, 3.8) is 0 Å². The molecule has 0 unspecified atom stereocenters. The molecule has 0 radical (unpaired) electrons. The highest BCUT2D eigenvalue weighted by atomic mass is 16.5. The lowest BCUT2D eigenvalue weighted by Gasteiger charge is -2.08. The van der Waals surface area contributed by atoms with Gasteiger partial charge in [0.15, 0.2) is 0 Å². The summed E-state index contributed by atoms with van der Waals surface area (Å²) in [6, 6.07) is 14.4. The van der Waals surface area contributed by atoms with Gasteiger partial charge in [-0.3, -0.25) is 9.59 Å². The molecule has 0 atom stereocenters. The molecule has 0 aromatic heterocycles. The van der Waals surface area contributed by atoms with Crippen molar-refractivity contribution in [1.82, 2.24) is 5.32 Å². The number of rotatable bonds is 6. The van der Waals surface area contributed by atoms with Crippen LogP contribution in [0.5, 0.6) is 5.75 Å². The van der Waals surface area contributed by atoms with Crippen LogP contribution in [0, 0.1) is 6.92 Å².